The standard InChI is InChI=1S/C54H68F3N9O7S/c1-31(71-5)43-35(12-8-18-58-43)46-37-24-52(2,3)30-72-51(70)38-13-9-19-66(61-38)49(68)39(23-42-59-40(25-74-42)34-16-17-41(36(37)22-34)65(46)29-54(55,56)57)60-48(67)45(32-10-6-7-11-32)63-20-21-73-53(26-63)27-64(28-53)50(69)47-44(62(47)4)33-14-15-33/h8,12,16-18,22,25,31-33,38-39,44-45,47,61H,6-7,9-11,13-15,19-21,23-24,26-30H2,1-5H3,(H,60,67)/t31-,38-,39-,44?,45?,47+,62?/m0/s1. The molecule has 3 aromatic heterocycles. The smallest absolute Gasteiger partial charge is 0.406 e. The molecule has 398 valence electrons. The number of hydrogen-bond acceptors (Lipinski definition) is 13. The predicted octanol–water partition coefficient (Wildman–Crippen LogP) is 6.31. The summed E-state index contributed by atoms with van der Waals surface area (Å²) < 4.78 is 63.7. The van der Waals surface area contributed by atoms with Crippen LogP contribution in [0.4, 0.5) is 13.2 Å². The molecule has 8 heterocycles. The largest absolute Gasteiger partial charge is 0.464 e. The van der Waals surface area contributed by atoms with Crippen LogP contribution >= 0.6 is 11.3 Å². The van der Waals surface area contributed by atoms with Gasteiger partial charge in [0.05, 0.1) is 60.5 Å². The number of halogens is 3. The van der Waals surface area contributed by atoms with E-state index < -0.39 is 59.8 Å². The summed E-state index contributed by atoms with van der Waals surface area (Å²) in [5.74, 6) is -0.380. The maximum Gasteiger partial charge on any atom is 0.406 e. The molecule has 0 radical (unpaired) electrons. The second-order valence-corrected chi connectivity index (χ2v) is 23.8. The molecule has 74 heavy (non-hydrogen) atoms. The fraction of sp³-hybridized carbons (Fsp3) is 0.630. The Hall–Kier alpha value is -4.99. The Morgan fingerprint density at radius 1 is 1.04 bits per heavy atom. The Labute approximate surface area is 433 Å². The topological polar surface area (TPSA) is 163 Å². The van der Waals surface area contributed by atoms with Crippen LogP contribution in [0.3, 0.4) is 0 Å². The number of aromatic nitrogens is 3. The van der Waals surface area contributed by atoms with Gasteiger partial charge in [0, 0.05) is 78.2 Å². The lowest BCUT2D eigenvalue weighted by atomic mass is 9.84. The Morgan fingerprint density at radius 3 is 2.57 bits per heavy atom. The zero-order valence-corrected chi connectivity index (χ0v) is 43.7. The third-order valence-corrected chi connectivity index (χ3v) is 17.6. The van der Waals surface area contributed by atoms with Gasteiger partial charge in [0.2, 0.25) is 11.8 Å². The Morgan fingerprint density at radius 2 is 1.82 bits per heavy atom. The van der Waals surface area contributed by atoms with Crippen LogP contribution in [0.2, 0.25) is 0 Å². The van der Waals surface area contributed by atoms with Crippen molar-refractivity contribution in [1.82, 2.24) is 45.0 Å². The van der Waals surface area contributed by atoms with Crippen molar-refractivity contribution in [2.45, 2.75) is 140 Å². The number of morpholine rings is 1. The summed E-state index contributed by atoms with van der Waals surface area (Å²) in [6.07, 6.45) is 3.77. The first-order chi connectivity index (χ1) is 35.4. The number of hydrogen-bond donors (Lipinski definition) is 2. The number of thiazole rings is 1. The van der Waals surface area contributed by atoms with Gasteiger partial charge >= 0.3 is 12.1 Å². The molecule has 20 heteroatoms. The lowest BCUT2D eigenvalue weighted by Gasteiger charge is -2.55. The Bertz CT molecular complexity index is 2800. The van der Waals surface area contributed by atoms with Gasteiger partial charge in [-0.1, -0.05) is 32.8 Å². The van der Waals surface area contributed by atoms with Crippen LogP contribution in [0.15, 0.2) is 41.9 Å². The number of amides is 3. The Kier molecular flexibility index (Phi) is 13.7. The van der Waals surface area contributed by atoms with E-state index >= 15 is 4.79 Å². The second kappa shape index (κ2) is 19.9. The van der Waals surface area contributed by atoms with E-state index in [2.05, 4.69) is 25.5 Å². The first kappa shape index (κ1) is 51.1. The number of hydrazine groups is 1. The van der Waals surface area contributed by atoms with Crippen LogP contribution in [-0.2, 0) is 52.8 Å². The van der Waals surface area contributed by atoms with Crippen molar-refractivity contribution in [1.29, 1.82) is 0 Å². The molecule has 6 fully saturated rings. The highest BCUT2D eigenvalue weighted by atomic mass is 32.1. The van der Waals surface area contributed by atoms with Gasteiger partial charge in [-0.2, -0.15) is 13.2 Å². The normalized spacial score (nSPS) is 27.4. The molecule has 2 N–H and O–H groups in total. The number of methoxy groups -OCH3 is 1. The van der Waals surface area contributed by atoms with E-state index in [-0.39, 0.29) is 43.2 Å². The van der Waals surface area contributed by atoms with Crippen molar-refractivity contribution in [3.05, 3.63) is 58.2 Å². The molecule has 2 aliphatic carbocycles. The van der Waals surface area contributed by atoms with Gasteiger partial charge in [0.15, 0.2) is 0 Å². The number of benzene rings is 1. The molecule has 3 unspecified atom stereocenters. The van der Waals surface area contributed by atoms with Gasteiger partial charge in [0.25, 0.3) is 5.91 Å². The first-order valence-electron chi connectivity index (χ1n) is 26.5. The van der Waals surface area contributed by atoms with Gasteiger partial charge in [0.1, 0.15) is 30.3 Å². The molecular formula is C54H68F3N9O7S. The van der Waals surface area contributed by atoms with Crippen LogP contribution in [0, 0.1) is 17.3 Å². The number of esters is 1. The van der Waals surface area contributed by atoms with Crippen LogP contribution in [0.5, 0.6) is 0 Å². The highest BCUT2D eigenvalue weighted by Gasteiger charge is 2.61. The predicted molar refractivity (Wildman–Crippen MR) is 270 cm³/mol. The van der Waals surface area contributed by atoms with E-state index in [1.165, 1.54) is 40.9 Å². The minimum absolute atomic E-state index is 0.0523. The summed E-state index contributed by atoms with van der Waals surface area (Å²) in [6.45, 7) is 7.01. The number of cyclic esters (lactones) is 1. The van der Waals surface area contributed by atoms with Crippen LogP contribution < -0.4 is 10.7 Å². The number of likely N-dealkylation sites (tertiary alicyclic amines) is 1. The summed E-state index contributed by atoms with van der Waals surface area (Å²) in [6, 6.07) is 6.62. The van der Waals surface area contributed by atoms with Crippen LogP contribution in [-0.4, -0.2) is 160 Å². The molecule has 4 aromatic rings. The van der Waals surface area contributed by atoms with Crippen molar-refractivity contribution in [2.24, 2.45) is 17.3 Å². The minimum Gasteiger partial charge on any atom is -0.464 e. The molecule has 2 saturated carbocycles. The van der Waals surface area contributed by atoms with Gasteiger partial charge in [-0.25, -0.2) is 10.4 Å². The second-order valence-electron chi connectivity index (χ2n) is 22.9. The molecule has 1 aromatic carbocycles. The van der Waals surface area contributed by atoms with E-state index in [9.17, 15) is 27.6 Å². The average molecular weight is 1040 g/mol. The quantitative estimate of drug-likeness (QED) is 0.135. The number of rotatable bonds is 10. The number of carbonyl (C=O) groups is 4. The lowest BCUT2D eigenvalue weighted by Crippen LogP contribution is -2.73. The van der Waals surface area contributed by atoms with Crippen LogP contribution in [0.25, 0.3) is 33.4 Å². The summed E-state index contributed by atoms with van der Waals surface area (Å²) in [4.78, 5) is 73.7. The number of nitrogens with one attached hydrogen (secondary N) is 2. The van der Waals surface area contributed by atoms with E-state index in [0.29, 0.717) is 114 Å². The number of pyridine rings is 1. The van der Waals surface area contributed by atoms with E-state index in [1.807, 2.05) is 37.2 Å². The number of likely N-dealkylation sites (N-methyl/N-ethyl adjacent to an activating group) is 1. The molecule has 11 rings (SSSR count). The Balaban J connectivity index is 0.922. The molecule has 5 aliphatic heterocycles. The van der Waals surface area contributed by atoms with Gasteiger partial charge < -0.3 is 29.0 Å². The zero-order chi connectivity index (χ0) is 51.8. The lowest BCUT2D eigenvalue weighted by molar-refractivity contribution is -0.198. The summed E-state index contributed by atoms with van der Waals surface area (Å²) in [7, 11) is 3.57. The highest BCUT2D eigenvalue weighted by molar-refractivity contribution is 7.10. The van der Waals surface area contributed by atoms with Crippen molar-refractivity contribution in [3.8, 4) is 22.5 Å². The third-order valence-electron chi connectivity index (χ3n) is 16.7. The van der Waals surface area contributed by atoms with Crippen LogP contribution in [0.1, 0.15) is 94.5 Å². The molecule has 7 atom stereocenters. The fourth-order valence-corrected chi connectivity index (χ4v) is 13.6. The minimum atomic E-state index is -4.58. The monoisotopic (exact) mass is 1040 g/mol. The fourth-order valence-electron chi connectivity index (χ4n) is 12.8. The number of fused-ring (bicyclic) bond motifs is 6. The summed E-state index contributed by atoms with van der Waals surface area (Å²) in [5.41, 5.74) is 5.37. The van der Waals surface area contributed by atoms with Crippen molar-refractivity contribution < 1.29 is 46.6 Å². The number of alkyl halides is 3. The highest BCUT2D eigenvalue weighted by Crippen LogP contribution is 2.48. The molecule has 7 aliphatic rings. The number of nitrogens with zero attached hydrogens (tertiary/aromatic N) is 7. The van der Waals surface area contributed by atoms with E-state index in [4.69, 9.17) is 19.2 Å². The molecule has 6 bridgehead atoms. The van der Waals surface area contributed by atoms with Crippen molar-refractivity contribution in [2.75, 3.05) is 60.1 Å². The molecule has 1 spiro atoms. The maximum absolute atomic E-state index is 15.1. The number of ether oxygens (including phenoxy) is 3. The maximum atomic E-state index is 15.1. The zero-order valence-electron chi connectivity index (χ0n) is 42.9. The average Bonchev–Trinajstić information content (AvgIpc) is 4.14. The van der Waals surface area contributed by atoms with Gasteiger partial charge in [-0.15, -0.1) is 11.3 Å². The summed E-state index contributed by atoms with van der Waals surface area (Å²) in [5, 5.41) is 7.70. The first-order valence-corrected chi connectivity index (χ1v) is 27.4. The summed E-state index contributed by atoms with van der Waals surface area (Å²) >= 11 is 1.34. The van der Waals surface area contributed by atoms with Crippen molar-refractivity contribution in [3.63, 3.8) is 0 Å². The molecule has 16 nitrogen and oxygen atoms in total. The SMILES string of the molecule is CO[C@@H](C)c1ncccc1-c1c2c3cc(ccc3n1CC(F)(F)F)-c1csc(n1)C[C@H](NC(=O)C(C1CCCC1)N1CCOC3(CN(C(=O)[C@H]4C(C5CC5)N4C)C3)C1)C(=O)N1CCC[C@H](N1)C(=O)OCC(C)(C)C2. The molecule has 3 amide bonds. The third kappa shape index (κ3) is 10.1. The van der Waals surface area contributed by atoms with E-state index in [0.717, 1.165) is 25.7 Å². The van der Waals surface area contributed by atoms with Gasteiger partial charge in [-0.3, -0.25) is 39.0 Å². The van der Waals surface area contributed by atoms with Gasteiger partial charge in [-0.05, 0) is 101 Å². The van der Waals surface area contributed by atoms with Crippen molar-refractivity contribution >= 4 is 45.9 Å². The number of carbonyl (C=O) groups excluding carboxylic acids is 4. The van der Waals surface area contributed by atoms with E-state index in [1.54, 1.807) is 37.4 Å². The molecule has 4 saturated heterocycles. The molecular weight excluding hydrogens is 976 g/mol.